The Hall–Kier alpha value is -1.08. The monoisotopic (exact) mass is 1180 g/mol. The zero-order valence-corrected chi connectivity index (χ0v) is 46.8. The Balaban J connectivity index is 0.787. The van der Waals surface area contributed by atoms with Crippen molar-refractivity contribution in [1.29, 1.82) is 0 Å². The fourth-order valence-corrected chi connectivity index (χ4v) is 17.1. The highest BCUT2D eigenvalue weighted by Crippen LogP contribution is 2.71. The van der Waals surface area contributed by atoms with Crippen LogP contribution in [0.1, 0.15) is 85.5 Å². The van der Waals surface area contributed by atoms with Gasteiger partial charge in [0.2, 0.25) is 0 Å². The average Bonchev–Trinajstić information content (AvgIpc) is 2.72. The second kappa shape index (κ2) is 24.4. The highest BCUT2D eigenvalue weighted by atomic mass is 16.8. The highest BCUT2D eigenvalue weighted by molar-refractivity contribution is 5.16. The van der Waals surface area contributed by atoms with Crippen molar-refractivity contribution in [2.45, 2.75) is 251 Å². The molecular formula is C55H90O27. The number of hydrogen-bond donors (Lipinski definition) is 15. The molecule has 82 heavy (non-hydrogen) atoms. The van der Waals surface area contributed by atoms with Gasteiger partial charge in [0.1, 0.15) is 110 Å². The van der Waals surface area contributed by atoms with Crippen molar-refractivity contribution in [3.05, 3.63) is 0 Å². The smallest absolute Gasteiger partial charge is 0.187 e. The van der Waals surface area contributed by atoms with Crippen molar-refractivity contribution >= 4 is 0 Å². The summed E-state index contributed by atoms with van der Waals surface area (Å²) in [4.78, 5) is 0. The van der Waals surface area contributed by atoms with Crippen LogP contribution in [-0.2, 0) is 56.8 Å². The van der Waals surface area contributed by atoms with Gasteiger partial charge >= 0.3 is 0 Å². The molecule has 7 heterocycles. The molecule has 27 nitrogen and oxygen atoms in total. The summed E-state index contributed by atoms with van der Waals surface area (Å²) in [7, 11) is 0. The number of rotatable bonds is 13. The van der Waals surface area contributed by atoms with Crippen LogP contribution in [0.15, 0.2) is 0 Å². The summed E-state index contributed by atoms with van der Waals surface area (Å²) < 4.78 is 73.1. The molecule has 0 amide bonds. The topological polar surface area (TPSA) is 414 Å². The molecule has 7 saturated heterocycles. The lowest BCUT2D eigenvalue weighted by Gasteiger charge is -2.62. The summed E-state index contributed by atoms with van der Waals surface area (Å²) in [6.07, 6.45) is -35.5. The largest absolute Gasteiger partial charge is 0.394 e. The molecule has 0 radical (unpaired) electrons. The van der Waals surface area contributed by atoms with E-state index in [1.807, 2.05) is 0 Å². The maximum atomic E-state index is 12.2. The van der Waals surface area contributed by atoms with Gasteiger partial charge in [-0.3, -0.25) is 0 Å². The third-order valence-electron chi connectivity index (χ3n) is 21.7. The first-order chi connectivity index (χ1) is 39.0. The molecule has 11 fully saturated rings. The normalized spacial score (nSPS) is 57.9. The predicted octanol–water partition coefficient (Wildman–Crippen LogP) is -4.84. The van der Waals surface area contributed by atoms with Gasteiger partial charge in [-0.1, -0.05) is 27.7 Å². The van der Waals surface area contributed by atoms with Crippen LogP contribution in [0.25, 0.3) is 0 Å². The van der Waals surface area contributed by atoms with E-state index in [9.17, 15) is 76.6 Å². The quantitative estimate of drug-likeness (QED) is 0.0769. The van der Waals surface area contributed by atoms with Gasteiger partial charge in [0.15, 0.2) is 37.2 Å². The third-order valence-corrected chi connectivity index (χ3v) is 21.7. The molecule has 7 aliphatic heterocycles. The van der Waals surface area contributed by atoms with Crippen molar-refractivity contribution in [3.8, 4) is 0 Å². The molecule has 0 unspecified atom stereocenters. The summed E-state index contributed by atoms with van der Waals surface area (Å²) in [6, 6.07) is 0. The zero-order chi connectivity index (χ0) is 58.6. The van der Waals surface area contributed by atoms with E-state index in [4.69, 9.17) is 56.8 Å². The molecule has 4 saturated carbocycles. The molecule has 27 heteroatoms. The number of hydrogen-bond acceptors (Lipinski definition) is 27. The Kier molecular flexibility index (Phi) is 18.6. The van der Waals surface area contributed by atoms with E-state index < -0.39 is 192 Å². The van der Waals surface area contributed by atoms with Crippen molar-refractivity contribution in [3.63, 3.8) is 0 Å². The van der Waals surface area contributed by atoms with Gasteiger partial charge in [0, 0.05) is 12.3 Å². The minimum atomic E-state index is -2.12. The van der Waals surface area contributed by atoms with Crippen molar-refractivity contribution in [1.82, 2.24) is 0 Å². The Morgan fingerprint density at radius 2 is 0.988 bits per heavy atom. The first-order valence-electron chi connectivity index (χ1n) is 29.7. The van der Waals surface area contributed by atoms with E-state index in [1.165, 1.54) is 0 Å². The molecule has 4 aliphatic carbocycles. The molecule has 0 aromatic carbocycles. The van der Waals surface area contributed by atoms with E-state index in [-0.39, 0.29) is 28.8 Å². The summed E-state index contributed by atoms with van der Waals surface area (Å²) in [5.74, 6) is 1.54. The van der Waals surface area contributed by atoms with E-state index in [0.717, 1.165) is 38.5 Å². The van der Waals surface area contributed by atoms with Gasteiger partial charge in [0.05, 0.1) is 58.0 Å². The van der Waals surface area contributed by atoms with Crippen LogP contribution in [0.5, 0.6) is 0 Å². The van der Waals surface area contributed by atoms with Crippen LogP contribution in [0.3, 0.4) is 0 Å². The molecule has 0 aromatic rings. The summed E-state index contributed by atoms with van der Waals surface area (Å²) in [5.41, 5.74) is -0.165. The number of aliphatic hydroxyl groups excluding tert-OH is 15. The molecular weight excluding hydrogens is 1090 g/mol. The van der Waals surface area contributed by atoms with Gasteiger partial charge in [-0.25, -0.2) is 0 Å². The number of aliphatic hydroxyl groups is 15. The second-order valence-corrected chi connectivity index (χ2v) is 26.4. The Bertz CT molecular complexity index is 2130. The Labute approximate surface area is 475 Å². The van der Waals surface area contributed by atoms with E-state index in [0.29, 0.717) is 55.5 Å². The Morgan fingerprint density at radius 3 is 1.61 bits per heavy atom. The molecule has 0 bridgehead atoms. The zero-order valence-electron chi connectivity index (χ0n) is 46.8. The lowest BCUT2D eigenvalue weighted by molar-refractivity contribution is -0.408. The van der Waals surface area contributed by atoms with Crippen LogP contribution in [0.4, 0.5) is 0 Å². The van der Waals surface area contributed by atoms with E-state index in [2.05, 4.69) is 27.7 Å². The highest BCUT2D eigenvalue weighted by Gasteiger charge is 2.70. The summed E-state index contributed by atoms with van der Waals surface area (Å²) in [5, 5.41) is 165. The van der Waals surface area contributed by atoms with Crippen LogP contribution in [0.2, 0.25) is 0 Å². The second-order valence-electron chi connectivity index (χ2n) is 26.4. The van der Waals surface area contributed by atoms with E-state index in [1.54, 1.807) is 0 Å². The van der Waals surface area contributed by atoms with Crippen LogP contribution in [0, 0.1) is 52.3 Å². The summed E-state index contributed by atoms with van der Waals surface area (Å²) in [6.45, 7) is 6.17. The SMILES string of the molecule is C[C@@H]1CC[C@@]2(OC1)O[C@@H]1C[C@H]3[C@@H]4C[C@@H](O)[C@@H]5C[C@H](O[C@H]6O[C@@H](CO)[C@H](O[C@H]7O[C@@H](CO)[C@H](O)[C@@H](O[C@H]8OC[C@H](O)[C@@H](O)[C@@H]8O)[C@@H]7O[C@H]7O[C@@H](CO)[C@H](O)[C@@H](O[C@H]8OC[C@H](O)[C@@H](O)[C@@H]8O)[C@@H]7O)[C@@H](O)[C@@H]6O)CC[C@]5(C)[C@@H]4CC[C@]3(C)[C@@H]1[C@H]2C. The first-order valence-corrected chi connectivity index (χ1v) is 29.7. The lowest BCUT2D eigenvalue weighted by atomic mass is 9.43. The standard InChI is InChI=1S/C55H90O27/c1-20-5-10-55(73-17-20)21(2)34-30(82-55)13-25-23-12-27(59)26-11-22(6-8-53(26,3)24(23)7-9-54(25,34)4)74-50-42(69)39(66)44(33(16-58)77-50)78-52-47(46(38(65)32(15-57)76-52)80-49-41(68)36(63)29(61)19-72-49)81-51-43(70)45(37(64)31(14-56)75-51)79-48-40(67)35(62)28(60)18-71-48/h20-52,56-70H,5-19H2,1-4H3/t20-,21-,22-,23-,24-,25+,26+,27-,28+,29+,30-,31+,32+,33+,34-,35-,36-,37+,38+,39+,40+,41+,42+,43+,44+,45-,46-,47+,48-,49-,50+,51-,52-,53-,54+,55-/m1/s1. The minimum Gasteiger partial charge on any atom is -0.394 e. The average molecular weight is 1180 g/mol. The van der Waals surface area contributed by atoms with Gasteiger partial charge in [-0.2, -0.15) is 0 Å². The van der Waals surface area contributed by atoms with Gasteiger partial charge in [-0.15, -0.1) is 0 Å². The molecule has 472 valence electrons. The van der Waals surface area contributed by atoms with Crippen molar-refractivity contribution in [2.24, 2.45) is 52.3 Å². The number of ether oxygens (including phenoxy) is 12. The molecule has 0 aromatic heterocycles. The maximum absolute atomic E-state index is 12.2. The fraction of sp³-hybridized carbons (Fsp3) is 1.00. The molecule has 11 aliphatic rings. The van der Waals surface area contributed by atoms with Gasteiger partial charge < -0.3 is 133 Å². The molecule has 11 rings (SSSR count). The first kappa shape index (κ1) is 62.5. The van der Waals surface area contributed by atoms with E-state index >= 15 is 0 Å². The van der Waals surface area contributed by atoms with Crippen LogP contribution < -0.4 is 0 Å². The van der Waals surface area contributed by atoms with Crippen LogP contribution in [-0.4, -0.2) is 282 Å². The molecule has 15 N–H and O–H groups in total. The third kappa shape index (κ3) is 10.9. The van der Waals surface area contributed by atoms with Crippen LogP contribution >= 0.6 is 0 Å². The summed E-state index contributed by atoms with van der Waals surface area (Å²) >= 11 is 0. The van der Waals surface area contributed by atoms with Gasteiger partial charge in [0.25, 0.3) is 0 Å². The van der Waals surface area contributed by atoms with Crippen molar-refractivity contribution in [2.75, 3.05) is 39.6 Å². The Morgan fingerprint density at radius 1 is 0.439 bits per heavy atom. The molecule has 36 atom stereocenters. The lowest BCUT2D eigenvalue weighted by Crippen LogP contribution is -2.69. The van der Waals surface area contributed by atoms with Crippen molar-refractivity contribution < 1.29 is 133 Å². The van der Waals surface area contributed by atoms with Gasteiger partial charge in [-0.05, 0) is 97.7 Å². The fourth-order valence-electron chi connectivity index (χ4n) is 17.1. The predicted molar refractivity (Wildman–Crippen MR) is 270 cm³/mol. The maximum Gasteiger partial charge on any atom is 0.187 e. The minimum absolute atomic E-state index is 0.0533. The molecule has 1 spiro atoms. The number of fused-ring (bicyclic) bond motifs is 7.